The van der Waals surface area contributed by atoms with Gasteiger partial charge in [0.1, 0.15) is 0 Å². The SMILES string of the molecule is C/C=C(/CC[C@@H](C)[C@H]1CC[C@H]2C3=C(CC[C@]12C)[C@@]1(C)CC[C@H](O)CC1CC3)C(C)C. The summed E-state index contributed by atoms with van der Waals surface area (Å²) in [7, 11) is 0. The molecule has 0 heterocycles. The van der Waals surface area contributed by atoms with Gasteiger partial charge < -0.3 is 5.11 Å². The fraction of sp³-hybridized carbons (Fsp3) is 0.862. The second kappa shape index (κ2) is 8.42. The lowest BCUT2D eigenvalue weighted by atomic mass is 9.50. The van der Waals surface area contributed by atoms with Crippen molar-refractivity contribution < 1.29 is 5.11 Å². The molecule has 1 heteroatoms. The van der Waals surface area contributed by atoms with E-state index in [9.17, 15) is 5.11 Å². The van der Waals surface area contributed by atoms with Gasteiger partial charge in [-0.1, -0.05) is 57.4 Å². The minimum atomic E-state index is -0.0382. The van der Waals surface area contributed by atoms with Crippen molar-refractivity contribution in [1.82, 2.24) is 0 Å². The summed E-state index contributed by atoms with van der Waals surface area (Å²) in [6.07, 6.45) is 16.6. The molecule has 7 atom stereocenters. The molecule has 0 saturated heterocycles. The van der Waals surface area contributed by atoms with E-state index in [1.54, 1.807) is 5.57 Å². The number of allylic oxidation sites excluding steroid dienone is 4. The topological polar surface area (TPSA) is 20.2 Å². The van der Waals surface area contributed by atoms with Crippen LogP contribution < -0.4 is 0 Å². The molecule has 0 aromatic carbocycles. The monoisotopic (exact) mass is 412 g/mol. The largest absolute Gasteiger partial charge is 0.393 e. The molecule has 4 aliphatic carbocycles. The molecule has 2 fully saturated rings. The molecule has 0 radical (unpaired) electrons. The lowest BCUT2D eigenvalue weighted by Gasteiger charge is -2.55. The van der Waals surface area contributed by atoms with E-state index < -0.39 is 0 Å². The molecule has 2 saturated carbocycles. The van der Waals surface area contributed by atoms with Crippen molar-refractivity contribution in [2.45, 2.75) is 118 Å². The van der Waals surface area contributed by atoms with Gasteiger partial charge in [-0.2, -0.15) is 0 Å². The maximum absolute atomic E-state index is 10.3. The van der Waals surface area contributed by atoms with E-state index in [1.807, 2.05) is 11.1 Å². The van der Waals surface area contributed by atoms with Gasteiger partial charge in [0, 0.05) is 0 Å². The van der Waals surface area contributed by atoms with Crippen LogP contribution in [0.15, 0.2) is 22.8 Å². The lowest BCUT2D eigenvalue weighted by Crippen LogP contribution is -2.45. The first kappa shape index (κ1) is 22.6. The Morgan fingerprint density at radius 1 is 1.07 bits per heavy atom. The molecule has 170 valence electrons. The zero-order valence-corrected chi connectivity index (χ0v) is 20.8. The summed E-state index contributed by atoms with van der Waals surface area (Å²) < 4.78 is 0. The minimum absolute atomic E-state index is 0.0382. The van der Waals surface area contributed by atoms with E-state index in [-0.39, 0.29) is 6.10 Å². The van der Waals surface area contributed by atoms with Crippen LogP contribution in [-0.4, -0.2) is 11.2 Å². The van der Waals surface area contributed by atoms with Crippen LogP contribution in [0.25, 0.3) is 0 Å². The van der Waals surface area contributed by atoms with Crippen LogP contribution in [0.2, 0.25) is 0 Å². The van der Waals surface area contributed by atoms with E-state index in [2.05, 4.69) is 47.6 Å². The van der Waals surface area contributed by atoms with Crippen molar-refractivity contribution in [3.63, 3.8) is 0 Å². The van der Waals surface area contributed by atoms with Crippen LogP contribution in [0.4, 0.5) is 0 Å². The van der Waals surface area contributed by atoms with Crippen LogP contribution in [-0.2, 0) is 0 Å². The first-order valence-electron chi connectivity index (χ1n) is 13.3. The van der Waals surface area contributed by atoms with E-state index in [4.69, 9.17) is 0 Å². The standard InChI is InChI=1S/C29H48O/c1-7-21(19(2)3)9-8-20(4)25-12-13-26-24-11-10-22-18-23(30)14-16-28(22,5)27(24)15-17-29(25,26)6/h7,19-20,22-23,25-26,30H,8-18H2,1-6H3/b21-7-/t20-,22?,23+,25-,26+,28+,29-/m1/s1. The smallest absolute Gasteiger partial charge is 0.0543 e. The predicted molar refractivity (Wildman–Crippen MR) is 128 cm³/mol. The molecule has 30 heavy (non-hydrogen) atoms. The zero-order valence-electron chi connectivity index (χ0n) is 20.8. The average molecular weight is 413 g/mol. The summed E-state index contributed by atoms with van der Waals surface area (Å²) in [4.78, 5) is 0. The highest BCUT2D eigenvalue weighted by Crippen LogP contribution is 2.66. The highest BCUT2D eigenvalue weighted by Gasteiger charge is 2.55. The van der Waals surface area contributed by atoms with Crippen molar-refractivity contribution in [3.8, 4) is 0 Å². The van der Waals surface area contributed by atoms with Crippen molar-refractivity contribution in [3.05, 3.63) is 22.8 Å². The summed E-state index contributed by atoms with van der Waals surface area (Å²) in [5.41, 5.74) is 6.36. The van der Waals surface area contributed by atoms with Crippen molar-refractivity contribution in [2.75, 3.05) is 0 Å². The zero-order chi connectivity index (χ0) is 21.7. The molecular weight excluding hydrogens is 364 g/mol. The number of hydrogen-bond acceptors (Lipinski definition) is 1. The van der Waals surface area contributed by atoms with Gasteiger partial charge in [-0.3, -0.25) is 0 Å². The van der Waals surface area contributed by atoms with Gasteiger partial charge in [-0.05, 0) is 118 Å². The summed E-state index contributed by atoms with van der Waals surface area (Å²) in [6.45, 7) is 14.7. The van der Waals surface area contributed by atoms with E-state index in [0.717, 1.165) is 36.5 Å². The van der Waals surface area contributed by atoms with Gasteiger partial charge in [0.05, 0.1) is 6.10 Å². The van der Waals surface area contributed by atoms with Gasteiger partial charge in [-0.25, -0.2) is 0 Å². The Morgan fingerprint density at radius 2 is 1.83 bits per heavy atom. The third-order valence-electron chi connectivity index (χ3n) is 10.7. The maximum Gasteiger partial charge on any atom is 0.0543 e. The van der Waals surface area contributed by atoms with Gasteiger partial charge in [0.2, 0.25) is 0 Å². The minimum Gasteiger partial charge on any atom is -0.393 e. The Morgan fingerprint density at radius 3 is 2.53 bits per heavy atom. The number of fused-ring (bicyclic) bond motifs is 4. The van der Waals surface area contributed by atoms with Crippen LogP contribution in [0.1, 0.15) is 112 Å². The molecule has 4 aliphatic rings. The van der Waals surface area contributed by atoms with Gasteiger partial charge in [0.15, 0.2) is 0 Å². The Balaban J connectivity index is 1.52. The van der Waals surface area contributed by atoms with Crippen molar-refractivity contribution in [2.24, 2.45) is 40.4 Å². The molecule has 0 bridgehead atoms. The Hall–Kier alpha value is -0.560. The fourth-order valence-electron chi connectivity index (χ4n) is 8.78. The predicted octanol–water partition coefficient (Wildman–Crippen LogP) is 8.09. The molecule has 0 amide bonds. The fourth-order valence-corrected chi connectivity index (χ4v) is 8.78. The Bertz CT molecular complexity index is 699. The number of hydrogen-bond donors (Lipinski definition) is 1. The van der Waals surface area contributed by atoms with Crippen LogP contribution in [0.3, 0.4) is 0 Å². The highest BCUT2D eigenvalue weighted by atomic mass is 16.3. The molecule has 0 aromatic heterocycles. The summed E-state index contributed by atoms with van der Waals surface area (Å²) in [6, 6.07) is 0. The molecular formula is C29H48O. The first-order chi connectivity index (χ1) is 14.2. The molecule has 1 N–H and O–H groups in total. The highest BCUT2D eigenvalue weighted by molar-refractivity contribution is 5.34. The van der Waals surface area contributed by atoms with E-state index in [1.165, 1.54) is 57.8 Å². The maximum atomic E-state index is 10.3. The first-order valence-corrected chi connectivity index (χ1v) is 13.3. The third-order valence-corrected chi connectivity index (χ3v) is 10.7. The summed E-state index contributed by atoms with van der Waals surface area (Å²) in [5, 5.41) is 10.3. The van der Waals surface area contributed by atoms with Gasteiger partial charge in [0.25, 0.3) is 0 Å². The number of aliphatic hydroxyl groups is 1. The average Bonchev–Trinajstić information content (AvgIpc) is 3.06. The van der Waals surface area contributed by atoms with Crippen LogP contribution in [0, 0.1) is 40.4 Å². The lowest BCUT2D eigenvalue weighted by molar-refractivity contribution is 0.0133. The third kappa shape index (κ3) is 3.66. The van der Waals surface area contributed by atoms with Crippen molar-refractivity contribution in [1.29, 1.82) is 0 Å². The summed E-state index contributed by atoms with van der Waals surface area (Å²) >= 11 is 0. The van der Waals surface area contributed by atoms with Crippen molar-refractivity contribution >= 4 is 0 Å². The second-order valence-corrected chi connectivity index (χ2v) is 12.4. The van der Waals surface area contributed by atoms with Crippen LogP contribution in [0.5, 0.6) is 0 Å². The Kier molecular flexibility index (Phi) is 6.35. The molecule has 1 unspecified atom stereocenters. The second-order valence-electron chi connectivity index (χ2n) is 12.4. The van der Waals surface area contributed by atoms with E-state index in [0.29, 0.717) is 16.7 Å². The number of aliphatic hydroxyl groups excluding tert-OH is 1. The quantitative estimate of drug-likeness (QED) is 0.452. The summed E-state index contributed by atoms with van der Waals surface area (Å²) in [5.74, 6) is 4.02. The molecule has 0 spiro atoms. The van der Waals surface area contributed by atoms with Gasteiger partial charge in [-0.15, -0.1) is 0 Å². The van der Waals surface area contributed by atoms with E-state index >= 15 is 0 Å². The molecule has 4 rings (SSSR count). The van der Waals surface area contributed by atoms with Crippen LogP contribution >= 0.6 is 0 Å². The molecule has 1 nitrogen and oxygen atoms in total. The normalized spacial score (nSPS) is 42.7. The number of rotatable bonds is 5. The molecule has 0 aliphatic heterocycles. The molecule has 0 aromatic rings. The Labute approximate surface area is 186 Å². The van der Waals surface area contributed by atoms with Gasteiger partial charge >= 0.3 is 0 Å².